The van der Waals surface area contributed by atoms with Crippen LogP contribution in [0.15, 0.2) is 30.6 Å². The number of hydrogen-bond acceptors (Lipinski definition) is 3. The first-order valence-electron chi connectivity index (χ1n) is 6.74. The molecule has 0 spiro atoms. The summed E-state index contributed by atoms with van der Waals surface area (Å²) in [6.45, 7) is 0.568. The summed E-state index contributed by atoms with van der Waals surface area (Å²) in [6.07, 6.45) is 6.37. The summed E-state index contributed by atoms with van der Waals surface area (Å²) in [5, 5.41) is 2.92. The molecule has 0 aliphatic heterocycles. The number of carbonyl (C=O) groups excluding carboxylic acids is 1. The third kappa shape index (κ3) is 2.80. The molecular weight excluding hydrogens is 272 g/mol. The van der Waals surface area contributed by atoms with Crippen LogP contribution in [0.4, 0.5) is 0 Å². The van der Waals surface area contributed by atoms with E-state index in [1.54, 1.807) is 12.4 Å². The molecule has 2 aromatic rings. The average molecular weight is 288 g/mol. The zero-order chi connectivity index (χ0) is 13.9. The second-order valence-corrected chi connectivity index (χ2v) is 5.29. The van der Waals surface area contributed by atoms with Gasteiger partial charge in [-0.1, -0.05) is 6.07 Å². The number of pyridine rings is 1. The van der Waals surface area contributed by atoms with E-state index in [0.29, 0.717) is 23.1 Å². The molecule has 104 valence electrons. The first-order chi connectivity index (χ1) is 9.75. The predicted molar refractivity (Wildman–Crippen MR) is 78.2 cm³/mol. The first kappa shape index (κ1) is 13.1. The second-order valence-electron chi connectivity index (χ2n) is 4.91. The minimum Gasteiger partial charge on any atom is -0.350 e. The van der Waals surface area contributed by atoms with E-state index in [0.717, 1.165) is 25.0 Å². The van der Waals surface area contributed by atoms with Gasteiger partial charge in [-0.3, -0.25) is 9.78 Å². The quantitative estimate of drug-likeness (QED) is 0.829. The molecule has 0 atom stereocenters. The minimum absolute atomic E-state index is 0.0832. The fourth-order valence-corrected chi connectivity index (χ4v) is 2.50. The van der Waals surface area contributed by atoms with Crippen molar-refractivity contribution in [2.75, 3.05) is 6.54 Å². The number of imidazole rings is 1. The lowest BCUT2D eigenvalue weighted by molar-refractivity contribution is 0.0944. The van der Waals surface area contributed by atoms with Crippen LogP contribution in [-0.2, 0) is 6.42 Å². The van der Waals surface area contributed by atoms with Gasteiger partial charge in [0, 0.05) is 37.1 Å². The van der Waals surface area contributed by atoms with Crippen molar-refractivity contribution in [1.82, 2.24) is 19.9 Å². The lowest BCUT2D eigenvalue weighted by Crippen LogP contribution is -2.28. The normalized spacial score (nSPS) is 14.2. The van der Waals surface area contributed by atoms with Crippen LogP contribution >= 0.6 is 12.2 Å². The third-order valence-electron chi connectivity index (χ3n) is 3.35. The number of rotatable bonds is 5. The molecule has 5 nitrogen and oxygen atoms in total. The monoisotopic (exact) mass is 288 g/mol. The van der Waals surface area contributed by atoms with Crippen molar-refractivity contribution in [2.45, 2.75) is 25.3 Å². The highest BCUT2D eigenvalue weighted by Crippen LogP contribution is 2.36. The van der Waals surface area contributed by atoms with Gasteiger partial charge in [0.25, 0.3) is 5.91 Å². The number of hydrogen-bond donors (Lipinski definition) is 2. The smallest absolute Gasteiger partial charge is 0.269 e. The molecular formula is C14H16N4OS. The van der Waals surface area contributed by atoms with Crippen LogP contribution in [0, 0.1) is 4.77 Å². The maximum Gasteiger partial charge on any atom is 0.269 e. The van der Waals surface area contributed by atoms with Gasteiger partial charge in [-0.15, -0.1) is 0 Å². The highest BCUT2D eigenvalue weighted by Gasteiger charge is 2.28. The number of aromatic amines is 1. The minimum atomic E-state index is -0.0832. The Kier molecular flexibility index (Phi) is 3.64. The predicted octanol–water partition coefficient (Wildman–Crippen LogP) is 2.25. The Balaban J connectivity index is 1.61. The van der Waals surface area contributed by atoms with Crippen molar-refractivity contribution >= 4 is 18.1 Å². The molecule has 0 radical (unpaired) electrons. The highest BCUT2D eigenvalue weighted by molar-refractivity contribution is 7.71. The zero-order valence-corrected chi connectivity index (χ0v) is 11.8. The highest BCUT2D eigenvalue weighted by atomic mass is 32.1. The van der Waals surface area contributed by atoms with Crippen LogP contribution in [-0.4, -0.2) is 27.0 Å². The van der Waals surface area contributed by atoms with Gasteiger partial charge in [0.15, 0.2) is 4.77 Å². The molecule has 6 heteroatoms. The van der Waals surface area contributed by atoms with Gasteiger partial charge >= 0.3 is 0 Å². The van der Waals surface area contributed by atoms with Crippen molar-refractivity contribution in [3.8, 4) is 0 Å². The van der Waals surface area contributed by atoms with Crippen LogP contribution < -0.4 is 5.32 Å². The van der Waals surface area contributed by atoms with E-state index in [1.165, 1.54) is 0 Å². The summed E-state index contributed by atoms with van der Waals surface area (Å²) in [6, 6.07) is 6.17. The molecule has 1 saturated carbocycles. The summed E-state index contributed by atoms with van der Waals surface area (Å²) >= 11 is 5.21. The number of carbonyl (C=O) groups is 1. The van der Waals surface area contributed by atoms with E-state index in [1.807, 2.05) is 22.8 Å². The number of aromatic nitrogens is 3. The number of nitrogens with one attached hydrogen (secondary N) is 2. The lowest BCUT2D eigenvalue weighted by atomic mass is 10.2. The van der Waals surface area contributed by atoms with Crippen LogP contribution in [0.2, 0.25) is 0 Å². The molecule has 0 saturated heterocycles. The lowest BCUT2D eigenvalue weighted by Gasteiger charge is -2.07. The molecule has 2 N–H and O–H groups in total. The van der Waals surface area contributed by atoms with Gasteiger partial charge in [-0.2, -0.15) is 0 Å². The molecule has 0 aromatic carbocycles. The molecule has 20 heavy (non-hydrogen) atoms. The van der Waals surface area contributed by atoms with Gasteiger partial charge in [-0.25, -0.2) is 0 Å². The maximum absolute atomic E-state index is 12.2. The van der Waals surface area contributed by atoms with Crippen LogP contribution in [0.1, 0.15) is 35.1 Å². The Morgan fingerprint density at radius 2 is 2.35 bits per heavy atom. The summed E-state index contributed by atoms with van der Waals surface area (Å²) in [4.78, 5) is 19.4. The van der Waals surface area contributed by atoms with E-state index in [2.05, 4.69) is 15.3 Å². The SMILES string of the molecule is O=C(NCCc1ccccn1)c1c[nH]c(=S)n1C1CC1. The molecule has 1 aliphatic carbocycles. The summed E-state index contributed by atoms with van der Waals surface area (Å²) in [5.74, 6) is -0.0832. The first-order valence-corrected chi connectivity index (χ1v) is 7.14. The molecule has 2 heterocycles. The van der Waals surface area contributed by atoms with Crippen molar-refractivity contribution < 1.29 is 4.79 Å². The molecule has 3 rings (SSSR count). The standard InChI is InChI=1S/C14H16N4OS/c19-13(16-8-6-10-3-1-2-7-15-10)12-9-17-14(20)18(12)11-4-5-11/h1-3,7,9,11H,4-6,8H2,(H,16,19)(H,17,20). The van der Waals surface area contributed by atoms with E-state index in [9.17, 15) is 4.79 Å². The fourth-order valence-electron chi connectivity index (χ4n) is 2.19. The van der Waals surface area contributed by atoms with E-state index in [-0.39, 0.29) is 5.91 Å². The van der Waals surface area contributed by atoms with Gasteiger partial charge < -0.3 is 14.9 Å². The van der Waals surface area contributed by atoms with Gasteiger partial charge in [0.2, 0.25) is 0 Å². The van der Waals surface area contributed by atoms with Crippen LogP contribution in [0.5, 0.6) is 0 Å². The van der Waals surface area contributed by atoms with E-state index >= 15 is 0 Å². The van der Waals surface area contributed by atoms with Gasteiger partial charge in [0.1, 0.15) is 5.69 Å². The summed E-state index contributed by atoms with van der Waals surface area (Å²) in [7, 11) is 0. The van der Waals surface area contributed by atoms with Crippen LogP contribution in [0.25, 0.3) is 0 Å². The number of nitrogens with zero attached hydrogens (tertiary/aromatic N) is 2. The zero-order valence-electron chi connectivity index (χ0n) is 11.0. The molecule has 1 fully saturated rings. The molecule has 1 aliphatic rings. The number of amides is 1. The Hall–Kier alpha value is -1.95. The Morgan fingerprint density at radius 3 is 3.05 bits per heavy atom. The average Bonchev–Trinajstić information content (AvgIpc) is 3.22. The topological polar surface area (TPSA) is 62.7 Å². The van der Waals surface area contributed by atoms with E-state index in [4.69, 9.17) is 12.2 Å². The second kappa shape index (κ2) is 5.58. The number of H-pyrrole nitrogens is 1. The van der Waals surface area contributed by atoms with Crippen molar-refractivity contribution in [1.29, 1.82) is 0 Å². The van der Waals surface area contributed by atoms with Crippen molar-refractivity contribution in [2.24, 2.45) is 0 Å². The third-order valence-corrected chi connectivity index (χ3v) is 3.66. The van der Waals surface area contributed by atoms with Gasteiger partial charge in [0.05, 0.1) is 0 Å². The molecule has 1 amide bonds. The van der Waals surface area contributed by atoms with Crippen LogP contribution in [0.3, 0.4) is 0 Å². The maximum atomic E-state index is 12.2. The Labute approximate surface area is 122 Å². The largest absolute Gasteiger partial charge is 0.350 e. The molecule has 0 bridgehead atoms. The van der Waals surface area contributed by atoms with Crippen molar-refractivity contribution in [3.63, 3.8) is 0 Å². The fraction of sp³-hybridized carbons (Fsp3) is 0.357. The van der Waals surface area contributed by atoms with Crippen molar-refractivity contribution in [3.05, 3.63) is 46.8 Å². The molecule has 2 aromatic heterocycles. The summed E-state index contributed by atoms with van der Waals surface area (Å²) in [5.41, 5.74) is 1.60. The van der Waals surface area contributed by atoms with Gasteiger partial charge in [-0.05, 0) is 37.2 Å². The van der Waals surface area contributed by atoms with E-state index < -0.39 is 0 Å². The summed E-state index contributed by atoms with van der Waals surface area (Å²) < 4.78 is 2.55. The molecule has 0 unspecified atom stereocenters. The Bertz CT molecular complexity index is 657. The Morgan fingerprint density at radius 1 is 1.50 bits per heavy atom.